The minimum atomic E-state index is -4.81. The first-order valence-corrected chi connectivity index (χ1v) is 15.9. The van der Waals surface area contributed by atoms with Gasteiger partial charge in [-0.3, -0.25) is 4.55 Å². The Bertz CT molecular complexity index is 1600. The van der Waals surface area contributed by atoms with Gasteiger partial charge >= 0.3 is 11.9 Å². The topological polar surface area (TPSA) is 205 Å². The summed E-state index contributed by atoms with van der Waals surface area (Å²) in [6, 6.07) is 16.2. The molecule has 4 aliphatic heterocycles. The molecular formula is C30H32O14S. The smallest absolute Gasteiger partial charge is 0.338 e. The minimum Gasteiger partial charge on any atom is -0.461 e. The van der Waals surface area contributed by atoms with E-state index in [9.17, 15) is 37.9 Å². The van der Waals surface area contributed by atoms with Crippen molar-refractivity contribution < 1.29 is 66.3 Å². The summed E-state index contributed by atoms with van der Waals surface area (Å²) in [7, 11) is -4.81. The summed E-state index contributed by atoms with van der Waals surface area (Å²) in [6.07, 6.45) is -9.91. The lowest BCUT2D eigenvalue weighted by Gasteiger charge is -2.68. The van der Waals surface area contributed by atoms with Crippen molar-refractivity contribution in [2.24, 2.45) is 11.3 Å². The normalized spacial score (nSPS) is 42.6. The van der Waals surface area contributed by atoms with Crippen LogP contribution in [0, 0.1) is 11.3 Å². The quantitative estimate of drug-likeness (QED) is 0.215. The zero-order valence-corrected chi connectivity index (χ0v) is 24.7. The molecule has 45 heavy (non-hydrogen) atoms. The fourth-order valence-corrected chi connectivity index (χ4v) is 9.30. The van der Waals surface area contributed by atoms with E-state index in [0.29, 0.717) is 0 Å². The zero-order valence-electron chi connectivity index (χ0n) is 23.9. The number of aliphatic hydroxyl groups is 3. The third-order valence-corrected chi connectivity index (χ3v) is 11.6. The van der Waals surface area contributed by atoms with Gasteiger partial charge in [-0.2, -0.15) is 8.42 Å². The summed E-state index contributed by atoms with van der Waals surface area (Å²) < 4.78 is 71.3. The highest BCUT2D eigenvalue weighted by molar-refractivity contribution is 7.87. The summed E-state index contributed by atoms with van der Waals surface area (Å²) in [5.74, 6) is -2.35. The van der Waals surface area contributed by atoms with Crippen molar-refractivity contribution in [2.75, 3.05) is 13.2 Å². The van der Waals surface area contributed by atoms with E-state index in [-0.39, 0.29) is 24.0 Å². The van der Waals surface area contributed by atoms with Crippen molar-refractivity contribution >= 4 is 22.1 Å². The van der Waals surface area contributed by atoms with E-state index in [4.69, 9.17) is 28.4 Å². The Morgan fingerprint density at radius 3 is 2.09 bits per heavy atom. The summed E-state index contributed by atoms with van der Waals surface area (Å²) in [5, 5.41) is 32.4. The standard InChI is InChI=1S/C30H32O14S/c1-27-14-29(45(36,37)38)19-12-30(27,28(19,26(43-27)44-29)15-40-24(35)17-10-6-3-7-11-17)42-25-22(33)21(32)20(31)18(41-25)13-39-23(34)16-8-4-2-5-9-16/h2-11,18-22,25-26,31-33H,12-15H2,1H3,(H,36,37,38)/t18-,19-,20-,21+,22-,25+,26-,27+,28+,29+,30+/m1/s1. The van der Waals surface area contributed by atoms with E-state index >= 15 is 0 Å². The second-order valence-electron chi connectivity index (χ2n) is 12.4. The maximum absolute atomic E-state index is 13.0. The van der Waals surface area contributed by atoms with Crippen LogP contribution < -0.4 is 0 Å². The molecule has 4 saturated heterocycles. The fourth-order valence-electron chi connectivity index (χ4n) is 7.98. The largest absolute Gasteiger partial charge is 0.461 e. The summed E-state index contributed by atoms with van der Waals surface area (Å²) in [4.78, 5) is 23.4. The molecule has 0 aromatic heterocycles. The third kappa shape index (κ3) is 4.12. The van der Waals surface area contributed by atoms with Crippen LogP contribution in [0.1, 0.15) is 40.5 Å². The summed E-state index contributed by atoms with van der Waals surface area (Å²) in [5.41, 5.74) is -3.95. The van der Waals surface area contributed by atoms with Gasteiger partial charge in [0.1, 0.15) is 48.8 Å². The minimum absolute atomic E-state index is 0.0679. The second kappa shape index (κ2) is 10.3. The highest BCUT2D eigenvalue weighted by atomic mass is 32.2. The van der Waals surface area contributed by atoms with Crippen LogP contribution in [0.3, 0.4) is 0 Å². The van der Waals surface area contributed by atoms with E-state index < -0.39 is 99.7 Å². The molecule has 2 aromatic rings. The number of benzene rings is 2. The van der Waals surface area contributed by atoms with Gasteiger partial charge in [0.2, 0.25) is 4.93 Å². The predicted octanol–water partition coefficient (Wildman–Crippen LogP) is 0.403. The number of hydrogen-bond acceptors (Lipinski definition) is 13. The molecule has 4 heterocycles. The van der Waals surface area contributed by atoms with Crippen LogP contribution in [0.15, 0.2) is 60.7 Å². The SMILES string of the molecule is C[C@@]12C[C@@]3(S(=O)(=O)O)O[C@@H](O1)[C@]1(COC(=O)c4ccccc4)[C@H]3C[C@@]12O[C@@H]1O[C@H](COC(=O)c2ccccc2)[C@@H](O)[C@H](O)[C@H]1O. The van der Waals surface area contributed by atoms with Gasteiger partial charge in [-0.1, -0.05) is 36.4 Å². The number of hydrogen-bond donors (Lipinski definition) is 4. The molecule has 9 rings (SSSR count). The third-order valence-electron chi connectivity index (χ3n) is 10.2. The highest BCUT2D eigenvalue weighted by Crippen LogP contribution is 2.83. The molecule has 14 nitrogen and oxygen atoms in total. The number of carbonyl (C=O) groups excluding carboxylic acids is 2. The molecule has 3 aliphatic carbocycles. The van der Waals surface area contributed by atoms with Crippen LogP contribution in [0.2, 0.25) is 0 Å². The first kappa shape index (κ1) is 30.7. The van der Waals surface area contributed by atoms with Crippen molar-refractivity contribution in [2.45, 2.75) is 72.9 Å². The van der Waals surface area contributed by atoms with E-state index in [1.807, 2.05) is 0 Å². The maximum Gasteiger partial charge on any atom is 0.338 e. The lowest BCUT2D eigenvalue weighted by atomic mass is 9.41. The van der Waals surface area contributed by atoms with E-state index in [1.165, 1.54) is 12.1 Å². The zero-order chi connectivity index (χ0) is 32.0. The lowest BCUT2D eigenvalue weighted by molar-refractivity contribution is -0.393. The number of carbonyl (C=O) groups is 2. The number of ether oxygens (including phenoxy) is 6. The Morgan fingerprint density at radius 1 is 0.889 bits per heavy atom. The molecule has 0 spiro atoms. The van der Waals surface area contributed by atoms with Gasteiger partial charge in [0.15, 0.2) is 12.6 Å². The molecule has 11 atom stereocenters. The lowest BCUT2D eigenvalue weighted by Crippen LogP contribution is -2.81. The van der Waals surface area contributed by atoms with Crippen molar-refractivity contribution in [3.63, 3.8) is 0 Å². The first-order valence-electron chi connectivity index (χ1n) is 14.4. The Kier molecular flexibility index (Phi) is 6.99. The monoisotopic (exact) mass is 648 g/mol. The van der Waals surface area contributed by atoms with Gasteiger partial charge in [-0.05, 0) is 37.6 Å². The van der Waals surface area contributed by atoms with Crippen molar-refractivity contribution in [3.05, 3.63) is 71.8 Å². The average molecular weight is 649 g/mol. The molecule has 3 saturated carbocycles. The predicted molar refractivity (Wildman–Crippen MR) is 148 cm³/mol. The Labute approximate surface area is 257 Å². The highest BCUT2D eigenvalue weighted by Gasteiger charge is 2.96. The van der Waals surface area contributed by atoms with Crippen molar-refractivity contribution in [1.29, 1.82) is 0 Å². The maximum atomic E-state index is 13.0. The van der Waals surface area contributed by atoms with Gasteiger partial charge in [0.05, 0.1) is 16.5 Å². The molecule has 0 unspecified atom stereocenters. The molecule has 15 heteroatoms. The van der Waals surface area contributed by atoms with Crippen LogP contribution in [-0.2, 0) is 38.5 Å². The molecule has 4 N–H and O–H groups in total. The fraction of sp³-hybridized carbons (Fsp3) is 0.533. The van der Waals surface area contributed by atoms with Crippen molar-refractivity contribution in [1.82, 2.24) is 0 Å². The number of rotatable bonds is 9. The van der Waals surface area contributed by atoms with Crippen LogP contribution in [-0.4, -0.2) is 107 Å². The van der Waals surface area contributed by atoms with E-state index in [2.05, 4.69) is 0 Å². The number of aliphatic hydroxyl groups excluding tert-OH is 3. The van der Waals surface area contributed by atoms with E-state index in [1.54, 1.807) is 55.5 Å². The van der Waals surface area contributed by atoms with E-state index in [0.717, 1.165) is 0 Å². The Morgan fingerprint density at radius 2 is 1.49 bits per heavy atom. The van der Waals surface area contributed by atoms with Crippen LogP contribution in [0.4, 0.5) is 0 Å². The Hall–Kier alpha value is -2.99. The van der Waals surface area contributed by atoms with Gasteiger partial charge in [-0.15, -0.1) is 0 Å². The molecule has 6 bridgehead atoms. The number of esters is 2. The summed E-state index contributed by atoms with van der Waals surface area (Å²) in [6.45, 7) is 0.632. The van der Waals surface area contributed by atoms with Crippen molar-refractivity contribution in [3.8, 4) is 0 Å². The van der Waals surface area contributed by atoms with Crippen LogP contribution >= 0.6 is 0 Å². The average Bonchev–Trinajstić information content (AvgIpc) is 3.23. The Balaban J connectivity index is 1.17. The van der Waals surface area contributed by atoms with Crippen LogP contribution in [0.25, 0.3) is 0 Å². The molecule has 7 fully saturated rings. The van der Waals surface area contributed by atoms with Gasteiger partial charge in [0.25, 0.3) is 10.1 Å². The molecular weight excluding hydrogens is 616 g/mol. The molecule has 0 radical (unpaired) electrons. The van der Waals surface area contributed by atoms with Gasteiger partial charge in [-0.25, -0.2) is 9.59 Å². The van der Waals surface area contributed by atoms with Crippen LogP contribution in [0.5, 0.6) is 0 Å². The molecule has 2 aromatic carbocycles. The molecule has 242 valence electrons. The molecule has 7 aliphatic rings. The second-order valence-corrected chi connectivity index (χ2v) is 14.1. The molecule has 0 amide bonds. The van der Waals surface area contributed by atoms with Gasteiger partial charge < -0.3 is 43.7 Å². The summed E-state index contributed by atoms with van der Waals surface area (Å²) >= 11 is 0. The first-order chi connectivity index (χ1) is 21.3. The van der Waals surface area contributed by atoms with Gasteiger partial charge in [0, 0.05) is 12.3 Å².